The molecule has 13 heteroatoms. The Bertz CT molecular complexity index is 1520. The van der Waals surface area contributed by atoms with Crippen molar-refractivity contribution in [1.29, 1.82) is 0 Å². The summed E-state index contributed by atoms with van der Waals surface area (Å²) in [5.41, 5.74) is 2.37. The number of rotatable bonds is 18. The van der Waals surface area contributed by atoms with E-state index in [1.54, 1.807) is 24.3 Å². The predicted octanol–water partition coefficient (Wildman–Crippen LogP) is 4.71. The summed E-state index contributed by atoms with van der Waals surface area (Å²) in [6.45, 7) is 5.45. The number of sulfonamides is 1. The van der Waals surface area contributed by atoms with Crippen LogP contribution in [0.1, 0.15) is 48.9 Å². The molecule has 1 fully saturated rings. The van der Waals surface area contributed by atoms with Crippen molar-refractivity contribution in [3.05, 3.63) is 81.9 Å². The number of aromatic nitrogens is 2. The SMILES string of the molecule is Cc1c(Cl)ccc(S(=O)(=O)N(CCc2ccccc2)CC(=O)NCC(=O)N(CCCCN2CCCC2)CCCc2cnc[nH]2)c1Cl. The number of aryl methyl sites for hydroxylation is 1. The number of hydrogen-bond donors (Lipinski definition) is 2. The summed E-state index contributed by atoms with van der Waals surface area (Å²) in [6.07, 6.45) is 9.66. The number of imidazole rings is 1. The van der Waals surface area contributed by atoms with Crippen molar-refractivity contribution < 1.29 is 18.0 Å². The topological polar surface area (TPSA) is 119 Å². The van der Waals surface area contributed by atoms with E-state index in [1.807, 2.05) is 30.3 Å². The molecule has 1 aromatic heterocycles. The second-order valence-corrected chi connectivity index (χ2v) is 14.3. The van der Waals surface area contributed by atoms with Gasteiger partial charge in [0.15, 0.2) is 0 Å². The van der Waals surface area contributed by atoms with Crippen LogP contribution in [-0.4, -0.2) is 96.7 Å². The molecule has 0 bridgehead atoms. The summed E-state index contributed by atoms with van der Waals surface area (Å²) in [6, 6.07) is 12.3. The number of benzene rings is 2. The van der Waals surface area contributed by atoms with Crippen LogP contribution >= 0.6 is 23.2 Å². The maximum absolute atomic E-state index is 13.8. The predicted molar refractivity (Wildman–Crippen MR) is 182 cm³/mol. The van der Waals surface area contributed by atoms with E-state index in [2.05, 4.69) is 20.2 Å². The van der Waals surface area contributed by atoms with Crippen LogP contribution in [-0.2, 0) is 32.5 Å². The van der Waals surface area contributed by atoms with E-state index in [0.29, 0.717) is 30.1 Å². The fourth-order valence-electron chi connectivity index (χ4n) is 5.55. The van der Waals surface area contributed by atoms with E-state index < -0.39 is 22.5 Å². The third-order valence-electron chi connectivity index (χ3n) is 8.28. The van der Waals surface area contributed by atoms with Crippen LogP contribution in [0.15, 0.2) is 59.9 Å². The minimum absolute atomic E-state index is 0.0169. The second-order valence-electron chi connectivity index (χ2n) is 11.7. The van der Waals surface area contributed by atoms with Gasteiger partial charge in [-0.15, -0.1) is 0 Å². The number of carbonyl (C=O) groups is 2. The molecule has 0 radical (unpaired) electrons. The second kappa shape index (κ2) is 17.8. The number of aromatic amines is 1. The molecular weight excluding hydrogens is 647 g/mol. The number of nitrogens with one attached hydrogen (secondary N) is 2. The van der Waals surface area contributed by atoms with Gasteiger partial charge in [-0.05, 0) is 94.8 Å². The van der Waals surface area contributed by atoms with Crippen LogP contribution in [0.25, 0.3) is 0 Å². The fourth-order valence-corrected chi connectivity index (χ4v) is 7.73. The lowest BCUT2D eigenvalue weighted by atomic mass is 10.1. The molecule has 1 aliphatic rings. The zero-order valence-corrected chi connectivity index (χ0v) is 28.7. The summed E-state index contributed by atoms with van der Waals surface area (Å²) in [7, 11) is -4.17. The summed E-state index contributed by atoms with van der Waals surface area (Å²) in [5, 5.41) is 3.04. The summed E-state index contributed by atoms with van der Waals surface area (Å²) in [5.74, 6) is -0.771. The molecule has 2 amide bonds. The Morgan fingerprint density at radius 3 is 2.43 bits per heavy atom. The van der Waals surface area contributed by atoms with Crippen LogP contribution in [0.3, 0.4) is 0 Å². The van der Waals surface area contributed by atoms with Crippen LogP contribution in [0.4, 0.5) is 0 Å². The molecule has 0 aliphatic carbocycles. The highest BCUT2D eigenvalue weighted by Crippen LogP contribution is 2.32. The number of amides is 2. The molecule has 2 heterocycles. The quantitative estimate of drug-likeness (QED) is 0.187. The zero-order valence-electron chi connectivity index (χ0n) is 26.4. The number of hydrogen-bond acceptors (Lipinski definition) is 6. The Morgan fingerprint density at radius 2 is 1.72 bits per heavy atom. The number of halogens is 2. The van der Waals surface area contributed by atoms with Gasteiger partial charge in [-0.3, -0.25) is 9.59 Å². The zero-order chi connectivity index (χ0) is 32.9. The molecule has 46 heavy (non-hydrogen) atoms. The lowest BCUT2D eigenvalue weighted by Crippen LogP contribution is -2.46. The minimum atomic E-state index is -4.17. The average molecular weight is 692 g/mol. The number of nitrogens with zero attached hydrogens (tertiary/aromatic N) is 4. The Morgan fingerprint density at radius 1 is 0.978 bits per heavy atom. The maximum Gasteiger partial charge on any atom is 0.245 e. The van der Waals surface area contributed by atoms with Crippen molar-refractivity contribution in [2.75, 3.05) is 52.4 Å². The molecule has 250 valence electrons. The number of unbranched alkanes of at least 4 members (excludes halogenated alkanes) is 1. The number of likely N-dealkylation sites (tertiary alicyclic amines) is 1. The van der Waals surface area contributed by atoms with Gasteiger partial charge in [0.1, 0.15) is 4.90 Å². The van der Waals surface area contributed by atoms with Gasteiger partial charge in [-0.25, -0.2) is 13.4 Å². The van der Waals surface area contributed by atoms with Crippen LogP contribution in [0, 0.1) is 6.92 Å². The monoisotopic (exact) mass is 690 g/mol. The molecule has 3 aromatic rings. The third kappa shape index (κ3) is 10.5. The first kappa shape index (κ1) is 35.9. The smallest absolute Gasteiger partial charge is 0.245 e. The summed E-state index contributed by atoms with van der Waals surface area (Å²) >= 11 is 12.6. The van der Waals surface area contributed by atoms with Crippen LogP contribution in [0.5, 0.6) is 0 Å². The minimum Gasteiger partial charge on any atom is -0.348 e. The van der Waals surface area contributed by atoms with Gasteiger partial charge < -0.3 is 20.1 Å². The molecule has 1 saturated heterocycles. The molecule has 4 rings (SSSR count). The molecule has 0 spiro atoms. The third-order valence-corrected chi connectivity index (χ3v) is 11.2. The van der Waals surface area contributed by atoms with Crippen molar-refractivity contribution in [3.8, 4) is 0 Å². The van der Waals surface area contributed by atoms with E-state index in [4.69, 9.17) is 23.2 Å². The highest BCUT2D eigenvalue weighted by molar-refractivity contribution is 7.89. The average Bonchev–Trinajstić information content (AvgIpc) is 3.77. The van der Waals surface area contributed by atoms with Crippen molar-refractivity contribution in [3.63, 3.8) is 0 Å². The Balaban J connectivity index is 1.38. The Labute approximate surface area is 282 Å². The van der Waals surface area contributed by atoms with Crippen molar-refractivity contribution in [2.24, 2.45) is 0 Å². The van der Waals surface area contributed by atoms with Gasteiger partial charge in [0.25, 0.3) is 0 Å². The lowest BCUT2D eigenvalue weighted by Gasteiger charge is -2.25. The van der Waals surface area contributed by atoms with E-state index in [9.17, 15) is 18.0 Å². The molecule has 0 atom stereocenters. The fraction of sp³-hybridized carbons (Fsp3) is 0.485. The van der Waals surface area contributed by atoms with Gasteiger partial charge in [0, 0.05) is 36.5 Å². The largest absolute Gasteiger partial charge is 0.348 e. The molecular formula is C33H44Cl2N6O4S. The van der Waals surface area contributed by atoms with Crippen molar-refractivity contribution in [2.45, 2.75) is 56.8 Å². The highest BCUT2D eigenvalue weighted by Gasteiger charge is 2.30. The van der Waals surface area contributed by atoms with Gasteiger partial charge >= 0.3 is 0 Å². The summed E-state index contributed by atoms with van der Waals surface area (Å²) in [4.78, 5) is 37.8. The molecule has 2 aromatic carbocycles. The lowest BCUT2D eigenvalue weighted by molar-refractivity contribution is -0.133. The summed E-state index contributed by atoms with van der Waals surface area (Å²) < 4.78 is 28.7. The molecule has 0 unspecified atom stereocenters. The maximum atomic E-state index is 13.8. The Kier molecular flexibility index (Phi) is 13.9. The van der Waals surface area contributed by atoms with Gasteiger partial charge in [-0.2, -0.15) is 4.31 Å². The van der Waals surface area contributed by atoms with E-state index >= 15 is 0 Å². The first-order valence-corrected chi connectivity index (χ1v) is 18.1. The van der Waals surface area contributed by atoms with Gasteiger partial charge in [0.2, 0.25) is 21.8 Å². The van der Waals surface area contributed by atoms with E-state index in [0.717, 1.165) is 60.9 Å². The molecule has 1 aliphatic heterocycles. The molecule has 0 saturated carbocycles. The highest BCUT2D eigenvalue weighted by atomic mass is 35.5. The number of H-pyrrole nitrogens is 1. The normalized spacial score (nSPS) is 13.7. The standard InChI is InChI=1S/C33H44Cl2N6O4S/c1-26-29(34)13-14-30(33(26)35)46(44,45)41(21-15-27-10-3-2-4-11-27)24-31(42)37-23-32(43)40(20-9-12-28-22-36-25-38-28)19-8-7-18-39-16-5-6-17-39/h2-4,10-11,13-14,22,25H,5-9,12,15-21,23-24H2,1H3,(H,36,38)(H,37,42). The Hall–Kier alpha value is -2.96. The van der Waals surface area contributed by atoms with E-state index in [-0.39, 0.29) is 28.9 Å². The van der Waals surface area contributed by atoms with Crippen molar-refractivity contribution >= 4 is 45.0 Å². The number of carbonyl (C=O) groups excluding carboxylic acids is 2. The van der Waals surface area contributed by atoms with Crippen LogP contribution in [0.2, 0.25) is 10.0 Å². The molecule has 2 N–H and O–H groups in total. The van der Waals surface area contributed by atoms with Crippen LogP contribution < -0.4 is 5.32 Å². The van der Waals surface area contributed by atoms with Gasteiger partial charge in [0.05, 0.1) is 24.4 Å². The van der Waals surface area contributed by atoms with E-state index in [1.165, 1.54) is 25.0 Å². The first-order valence-electron chi connectivity index (χ1n) is 15.9. The van der Waals surface area contributed by atoms with Crippen molar-refractivity contribution in [1.82, 2.24) is 29.4 Å². The van der Waals surface area contributed by atoms with Gasteiger partial charge in [-0.1, -0.05) is 53.5 Å². The first-order chi connectivity index (χ1) is 22.1. The molecule has 10 nitrogen and oxygen atoms in total.